The van der Waals surface area contributed by atoms with Crippen molar-refractivity contribution in [3.8, 4) is 17.1 Å². The summed E-state index contributed by atoms with van der Waals surface area (Å²) in [6.07, 6.45) is 0. The zero-order chi connectivity index (χ0) is 18.1. The van der Waals surface area contributed by atoms with Crippen molar-refractivity contribution in [3.05, 3.63) is 60.7 Å². The molecular weight excluding hydrogens is 324 g/mol. The van der Waals surface area contributed by atoms with Crippen LogP contribution in [-0.2, 0) is 0 Å². The quantitative estimate of drug-likeness (QED) is 0.523. The lowest BCUT2D eigenvalue weighted by Crippen LogP contribution is -2.25. The maximum absolute atomic E-state index is 10.5. The molecule has 0 radical (unpaired) electrons. The van der Waals surface area contributed by atoms with Crippen molar-refractivity contribution < 1.29 is 5.11 Å². The Morgan fingerprint density at radius 1 is 1.00 bits per heavy atom. The Morgan fingerprint density at radius 3 is 2.46 bits per heavy atom. The predicted octanol–water partition coefficient (Wildman–Crippen LogP) is 3.91. The second-order valence-corrected chi connectivity index (χ2v) is 6.49. The van der Waals surface area contributed by atoms with E-state index in [9.17, 15) is 5.11 Å². The maximum atomic E-state index is 10.5. The van der Waals surface area contributed by atoms with Gasteiger partial charge in [0.25, 0.3) is 0 Å². The van der Waals surface area contributed by atoms with Gasteiger partial charge in [0.2, 0.25) is 0 Å². The molecular formula is C21H20N4O. The third-order valence-corrected chi connectivity index (χ3v) is 4.30. The topological polar surface area (TPSA) is 84.1 Å². The van der Waals surface area contributed by atoms with Gasteiger partial charge in [0.15, 0.2) is 5.82 Å². The Labute approximate surface area is 151 Å². The summed E-state index contributed by atoms with van der Waals surface area (Å²) in [6.45, 7) is 2.54. The Balaban J connectivity index is 1.90. The van der Waals surface area contributed by atoms with Gasteiger partial charge in [-0.3, -0.25) is 0 Å². The Hall–Kier alpha value is -3.18. The van der Waals surface area contributed by atoms with Gasteiger partial charge in [-0.2, -0.15) is 0 Å². The van der Waals surface area contributed by atoms with Crippen LogP contribution in [0.25, 0.3) is 33.1 Å². The maximum Gasteiger partial charge on any atom is 0.165 e. The third-order valence-electron chi connectivity index (χ3n) is 4.30. The van der Waals surface area contributed by atoms with Crippen LogP contribution in [0.4, 0.5) is 5.82 Å². The van der Waals surface area contributed by atoms with Crippen molar-refractivity contribution in [2.45, 2.75) is 13.0 Å². The molecule has 0 unspecified atom stereocenters. The number of benzene rings is 3. The van der Waals surface area contributed by atoms with Crippen molar-refractivity contribution in [2.75, 3.05) is 11.9 Å². The summed E-state index contributed by atoms with van der Waals surface area (Å²) in [5.41, 5.74) is 7.30. The number of fused-ring (bicyclic) bond motifs is 2. The molecule has 4 rings (SSSR count). The number of aromatic nitrogens is 2. The van der Waals surface area contributed by atoms with Gasteiger partial charge in [-0.15, -0.1) is 0 Å². The SMILES string of the molecule is C[C@@H](N)CNc1nc(-c2cc3ccccc3cc2O)nc2ccccc12. The number of aromatic hydroxyl groups is 1. The first kappa shape index (κ1) is 16.3. The molecule has 5 heteroatoms. The van der Waals surface area contributed by atoms with Gasteiger partial charge >= 0.3 is 0 Å². The fourth-order valence-electron chi connectivity index (χ4n) is 3.00. The number of hydrogen-bond donors (Lipinski definition) is 3. The molecule has 1 aromatic heterocycles. The molecule has 0 bridgehead atoms. The molecule has 0 amide bonds. The zero-order valence-electron chi connectivity index (χ0n) is 14.5. The van der Waals surface area contributed by atoms with Gasteiger partial charge in [0.05, 0.1) is 11.1 Å². The number of rotatable bonds is 4. The van der Waals surface area contributed by atoms with E-state index in [2.05, 4.69) is 15.3 Å². The minimum absolute atomic E-state index is 0.00116. The van der Waals surface area contributed by atoms with E-state index in [1.807, 2.05) is 61.5 Å². The van der Waals surface area contributed by atoms with E-state index in [0.717, 1.165) is 27.5 Å². The summed E-state index contributed by atoms with van der Waals surface area (Å²) in [7, 11) is 0. The van der Waals surface area contributed by atoms with Gasteiger partial charge in [0.1, 0.15) is 11.6 Å². The Bertz CT molecular complexity index is 1090. The average Bonchev–Trinajstić information content (AvgIpc) is 2.65. The van der Waals surface area contributed by atoms with Gasteiger partial charge in [-0.05, 0) is 42.0 Å². The molecule has 4 aromatic rings. The number of nitrogens with one attached hydrogen (secondary N) is 1. The molecule has 0 aliphatic carbocycles. The number of para-hydroxylation sites is 1. The standard InChI is InChI=1S/C21H20N4O/c1-13(22)12-23-20-16-8-4-5-9-18(16)24-21(25-20)17-10-14-6-2-3-7-15(14)11-19(17)26/h2-11,13,26H,12,22H2,1H3,(H,23,24,25)/t13-/m1/s1. The molecule has 0 saturated carbocycles. The first-order valence-corrected chi connectivity index (χ1v) is 8.60. The fraction of sp³-hybridized carbons (Fsp3) is 0.143. The molecule has 0 saturated heterocycles. The monoisotopic (exact) mass is 344 g/mol. The van der Waals surface area contributed by atoms with Crippen LogP contribution >= 0.6 is 0 Å². The molecule has 3 aromatic carbocycles. The summed E-state index contributed by atoms with van der Waals surface area (Å²) in [5.74, 6) is 1.37. The summed E-state index contributed by atoms with van der Waals surface area (Å²) in [5, 5.41) is 16.8. The highest BCUT2D eigenvalue weighted by Gasteiger charge is 2.13. The van der Waals surface area contributed by atoms with E-state index >= 15 is 0 Å². The lowest BCUT2D eigenvalue weighted by atomic mass is 10.1. The number of hydrogen-bond acceptors (Lipinski definition) is 5. The van der Waals surface area contributed by atoms with Crippen molar-refractivity contribution in [2.24, 2.45) is 5.73 Å². The number of nitrogens with zero attached hydrogens (tertiary/aromatic N) is 2. The largest absolute Gasteiger partial charge is 0.507 e. The third kappa shape index (κ3) is 3.05. The summed E-state index contributed by atoms with van der Waals surface area (Å²) >= 11 is 0. The predicted molar refractivity (Wildman–Crippen MR) is 106 cm³/mol. The number of nitrogens with two attached hydrogens (primary N) is 1. The van der Waals surface area contributed by atoms with Gasteiger partial charge in [-0.1, -0.05) is 36.4 Å². The van der Waals surface area contributed by atoms with E-state index in [4.69, 9.17) is 5.73 Å². The average molecular weight is 344 g/mol. The molecule has 0 aliphatic rings. The number of phenols is 1. The fourth-order valence-corrected chi connectivity index (χ4v) is 3.00. The second kappa shape index (κ2) is 6.61. The molecule has 26 heavy (non-hydrogen) atoms. The first-order valence-electron chi connectivity index (χ1n) is 8.60. The minimum atomic E-state index is 0.00116. The van der Waals surface area contributed by atoms with Crippen molar-refractivity contribution in [1.29, 1.82) is 0 Å². The highest BCUT2D eigenvalue weighted by Crippen LogP contribution is 2.33. The van der Waals surface area contributed by atoms with E-state index in [-0.39, 0.29) is 11.8 Å². The molecule has 5 nitrogen and oxygen atoms in total. The van der Waals surface area contributed by atoms with Crippen LogP contribution in [-0.4, -0.2) is 27.7 Å². The summed E-state index contributed by atoms with van der Waals surface area (Å²) < 4.78 is 0. The van der Waals surface area contributed by atoms with Crippen LogP contribution in [0.15, 0.2) is 60.7 Å². The number of anilines is 1. The summed E-state index contributed by atoms with van der Waals surface area (Å²) in [6, 6.07) is 19.4. The van der Waals surface area contributed by atoms with Crippen LogP contribution in [0.2, 0.25) is 0 Å². The zero-order valence-corrected chi connectivity index (χ0v) is 14.5. The summed E-state index contributed by atoms with van der Waals surface area (Å²) in [4.78, 5) is 9.33. The molecule has 0 spiro atoms. The van der Waals surface area contributed by atoms with Crippen LogP contribution in [0.1, 0.15) is 6.92 Å². The van der Waals surface area contributed by atoms with E-state index in [1.165, 1.54) is 0 Å². The molecule has 4 N–H and O–H groups in total. The van der Waals surface area contributed by atoms with Crippen LogP contribution in [0.5, 0.6) is 5.75 Å². The molecule has 0 fully saturated rings. The Morgan fingerprint density at radius 2 is 1.69 bits per heavy atom. The molecule has 0 aliphatic heterocycles. The highest BCUT2D eigenvalue weighted by atomic mass is 16.3. The van der Waals surface area contributed by atoms with Crippen molar-refractivity contribution >= 4 is 27.5 Å². The Kier molecular flexibility index (Phi) is 4.14. The number of phenolic OH excluding ortho intramolecular Hbond substituents is 1. The van der Waals surface area contributed by atoms with Crippen LogP contribution in [0.3, 0.4) is 0 Å². The first-order chi connectivity index (χ1) is 12.6. The van der Waals surface area contributed by atoms with E-state index < -0.39 is 0 Å². The minimum Gasteiger partial charge on any atom is -0.507 e. The van der Waals surface area contributed by atoms with Gasteiger partial charge in [0, 0.05) is 18.0 Å². The van der Waals surface area contributed by atoms with Crippen molar-refractivity contribution in [1.82, 2.24) is 9.97 Å². The van der Waals surface area contributed by atoms with E-state index in [1.54, 1.807) is 6.07 Å². The smallest absolute Gasteiger partial charge is 0.165 e. The van der Waals surface area contributed by atoms with E-state index in [0.29, 0.717) is 17.9 Å². The lowest BCUT2D eigenvalue weighted by Gasteiger charge is -2.13. The molecule has 1 heterocycles. The highest BCUT2D eigenvalue weighted by molar-refractivity contribution is 5.93. The van der Waals surface area contributed by atoms with Gasteiger partial charge < -0.3 is 16.2 Å². The normalized spacial score (nSPS) is 12.4. The van der Waals surface area contributed by atoms with Crippen LogP contribution in [0, 0.1) is 0 Å². The second-order valence-electron chi connectivity index (χ2n) is 6.49. The van der Waals surface area contributed by atoms with Crippen LogP contribution < -0.4 is 11.1 Å². The molecule has 1 atom stereocenters. The lowest BCUT2D eigenvalue weighted by molar-refractivity contribution is 0.477. The van der Waals surface area contributed by atoms with Crippen molar-refractivity contribution in [3.63, 3.8) is 0 Å². The molecule has 130 valence electrons. The van der Waals surface area contributed by atoms with Gasteiger partial charge in [-0.25, -0.2) is 9.97 Å².